The minimum absolute atomic E-state index is 0. The van der Waals surface area contributed by atoms with Gasteiger partial charge in [0.15, 0.2) is 0 Å². The van der Waals surface area contributed by atoms with Crippen LogP contribution >= 0.6 is 12.2 Å². The van der Waals surface area contributed by atoms with Crippen LogP contribution < -0.4 is 70.8 Å². The number of nitrogens with one attached hydrogen (secondary N) is 1. The number of carbonyl (C=O) groups is 1. The molecule has 0 bridgehead atoms. The molecule has 7 nitrogen and oxygen atoms in total. The predicted octanol–water partition coefficient (Wildman–Crippen LogP) is 0.228. The molecule has 10 heteroatoms. The molecular formula is C26H27KN2O5S2. The number of fused-ring (bicyclic) bond motifs is 1. The fourth-order valence-electron chi connectivity index (χ4n) is 4.34. The molecule has 0 aromatic heterocycles. The quantitative estimate of drug-likeness (QED) is 0.312. The molecule has 1 aliphatic heterocycles. The largest absolute Gasteiger partial charge is 1.00 e. The van der Waals surface area contributed by atoms with Crippen molar-refractivity contribution in [3.63, 3.8) is 0 Å². The van der Waals surface area contributed by atoms with Crippen molar-refractivity contribution in [1.29, 1.82) is 0 Å². The van der Waals surface area contributed by atoms with Crippen LogP contribution in [0.25, 0.3) is 6.08 Å². The number of benzene rings is 2. The minimum atomic E-state index is -3.97. The number of rotatable bonds is 6. The van der Waals surface area contributed by atoms with Gasteiger partial charge < -0.3 is 20.0 Å². The Balaban J connectivity index is 0.00000361. The van der Waals surface area contributed by atoms with Gasteiger partial charge >= 0.3 is 51.4 Å². The number of aliphatic carboxylic acids is 1. The minimum Gasteiger partial charge on any atom is -0.545 e. The SMILES string of the molecule is C/C1=C/CC(C)N(c2cc3c(cc2OCc2ccc(/C=C/C(=O)[O-])cc2)CCC3)S(=O)(=O)C(=S)N1.[K+]. The molecule has 1 heterocycles. The Labute approximate surface area is 260 Å². The predicted molar refractivity (Wildman–Crippen MR) is 138 cm³/mol. The molecule has 2 aromatic carbocycles. The van der Waals surface area contributed by atoms with Crippen molar-refractivity contribution < 1.29 is 74.4 Å². The van der Waals surface area contributed by atoms with Gasteiger partial charge in [-0.2, -0.15) is 8.42 Å². The molecule has 2 aliphatic rings. The number of hydrogen-bond acceptors (Lipinski definition) is 6. The first-order chi connectivity index (χ1) is 16.6. The molecule has 0 saturated heterocycles. The normalized spacial score (nSPS) is 20.4. The zero-order valence-electron chi connectivity index (χ0n) is 20.6. The van der Waals surface area contributed by atoms with Crippen LogP contribution in [0.4, 0.5) is 5.69 Å². The van der Waals surface area contributed by atoms with Crippen molar-refractivity contribution in [1.82, 2.24) is 5.32 Å². The fourth-order valence-corrected chi connectivity index (χ4v) is 6.17. The number of anilines is 1. The van der Waals surface area contributed by atoms with Gasteiger partial charge in [0.05, 0.1) is 11.7 Å². The van der Waals surface area contributed by atoms with Crippen molar-refractivity contribution >= 4 is 44.3 Å². The summed E-state index contributed by atoms with van der Waals surface area (Å²) in [6, 6.07) is 10.8. The summed E-state index contributed by atoms with van der Waals surface area (Å²) < 4.78 is 34.4. The molecule has 1 atom stereocenters. The first kappa shape index (κ1) is 29.0. The first-order valence-electron chi connectivity index (χ1n) is 11.4. The average Bonchev–Trinajstić information content (AvgIpc) is 3.27. The van der Waals surface area contributed by atoms with Gasteiger partial charge in [0, 0.05) is 11.7 Å². The van der Waals surface area contributed by atoms with E-state index in [-0.39, 0.29) is 68.4 Å². The van der Waals surface area contributed by atoms with Crippen LogP contribution in [-0.4, -0.2) is 24.7 Å². The third kappa shape index (κ3) is 6.66. The zero-order valence-corrected chi connectivity index (χ0v) is 25.4. The van der Waals surface area contributed by atoms with E-state index in [0.29, 0.717) is 23.6 Å². The van der Waals surface area contributed by atoms with E-state index in [1.165, 1.54) is 15.9 Å². The van der Waals surface area contributed by atoms with Crippen LogP contribution in [0.15, 0.2) is 54.2 Å². The number of hydrogen-bond donors (Lipinski definition) is 1. The number of aryl methyl sites for hydroxylation is 2. The number of nitrogens with zero attached hydrogens (tertiary/aromatic N) is 1. The molecule has 1 aliphatic carbocycles. The standard InChI is InChI=1S/C26H28N2O5S2.K/c1-17-6-7-18(2)28(35(31,32)26(34)27-17)23-14-21-4-3-5-22(21)15-24(23)33-16-20-10-8-19(9-11-20)12-13-25(29)30;/h6,8-15,18H,3-5,7,16H2,1-2H3,(H,27,34)(H,29,30);/q;+1/p-1/b13-12+,17-6-;. The summed E-state index contributed by atoms with van der Waals surface area (Å²) in [4.78, 5) is 10.6. The van der Waals surface area contributed by atoms with Gasteiger partial charge in [-0.1, -0.05) is 36.4 Å². The second-order valence-electron chi connectivity index (χ2n) is 8.81. The van der Waals surface area contributed by atoms with E-state index < -0.39 is 16.0 Å². The molecule has 0 spiro atoms. The molecule has 36 heavy (non-hydrogen) atoms. The van der Waals surface area contributed by atoms with E-state index >= 15 is 0 Å². The molecule has 0 radical (unpaired) electrons. The average molecular weight is 551 g/mol. The maximum Gasteiger partial charge on any atom is 1.00 e. The maximum absolute atomic E-state index is 13.5. The number of ether oxygens (including phenoxy) is 1. The molecule has 0 fully saturated rings. The number of sulfonamides is 1. The Kier molecular flexibility index (Phi) is 9.95. The molecule has 0 amide bonds. The Morgan fingerprint density at radius 3 is 2.56 bits per heavy atom. The molecule has 0 saturated carbocycles. The van der Waals surface area contributed by atoms with Crippen molar-refractivity contribution in [3.8, 4) is 5.75 Å². The Bertz CT molecular complexity index is 1320. The van der Waals surface area contributed by atoms with Gasteiger partial charge in [-0.25, -0.2) is 0 Å². The monoisotopic (exact) mass is 550 g/mol. The molecule has 1 N–H and O–H groups in total. The fraction of sp³-hybridized carbons (Fsp3) is 0.308. The van der Waals surface area contributed by atoms with Gasteiger partial charge in [0.25, 0.3) is 10.0 Å². The first-order valence-corrected chi connectivity index (χ1v) is 13.3. The van der Waals surface area contributed by atoms with Crippen LogP contribution in [0.3, 0.4) is 0 Å². The van der Waals surface area contributed by atoms with E-state index in [2.05, 4.69) is 5.32 Å². The summed E-state index contributed by atoms with van der Waals surface area (Å²) in [5.74, 6) is -0.763. The number of carbonyl (C=O) groups excluding carboxylic acids is 1. The van der Waals surface area contributed by atoms with Gasteiger partial charge in [-0.3, -0.25) is 4.31 Å². The van der Waals surface area contributed by atoms with E-state index in [9.17, 15) is 18.3 Å². The van der Waals surface area contributed by atoms with E-state index in [1.54, 1.807) is 19.1 Å². The van der Waals surface area contributed by atoms with Crippen molar-refractivity contribution in [3.05, 3.63) is 76.5 Å². The summed E-state index contributed by atoms with van der Waals surface area (Å²) >= 11 is 5.26. The second kappa shape index (κ2) is 12.3. The second-order valence-corrected chi connectivity index (χ2v) is 11.2. The Morgan fingerprint density at radius 2 is 1.89 bits per heavy atom. The van der Waals surface area contributed by atoms with Gasteiger partial charge in [-0.15, -0.1) is 0 Å². The smallest absolute Gasteiger partial charge is 0.545 e. The van der Waals surface area contributed by atoms with Crippen LogP contribution in [0.2, 0.25) is 0 Å². The number of thiocarbonyl (C=S) groups is 1. The summed E-state index contributed by atoms with van der Waals surface area (Å²) in [6.07, 6.45) is 7.75. The zero-order chi connectivity index (χ0) is 25.2. The summed E-state index contributed by atoms with van der Waals surface area (Å²) in [5.41, 5.74) is 5.09. The van der Waals surface area contributed by atoms with E-state index in [0.717, 1.165) is 42.0 Å². The summed E-state index contributed by atoms with van der Waals surface area (Å²) in [7, 11) is -3.97. The Morgan fingerprint density at radius 1 is 1.22 bits per heavy atom. The molecule has 2 aromatic rings. The third-order valence-electron chi connectivity index (χ3n) is 6.15. The van der Waals surface area contributed by atoms with Crippen molar-refractivity contribution in [2.24, 2.45) is 0 Å². The summed E-state index contributed by atoms with van der Waals surface area (Å²) in [5, 5.41) is 13.4. The van der Waals surface area contributed by atoms with Crippen LogP contribution in [0.1, 0.15) is 48.9 Å². The van der Waals surface area contributed by atoms with Crippen molar-refractivity contribution in [2.45, 2.75) is 52.2 Å². The van der Waals surface area contributed by atoms with E-state index in [1.807, 2.05) is 37.3 Å². The number of allylic oxidation sites excluding steroid dienone is 1. The topological polar surface area (TPSA) is 98.8 Å². The van der Waals surface area contributed by atoms with Gasteiger partial charge in [0.2, 0.25) is 4.32 Å². The number of carboxylic acid groups (broad SMARTS) is 1. The molecule has 184 valence electrons. The summed E-state index contributed by atoms with van der Waals surface area (Å²) in [6.45, 7) is 3.89. The van der Waals surface area contributed by atoms with Crippen LogP contribution in [0, 0.1) is 0 Å². The molecule has 1 unspecified atom stereocenters. The van der Waals surface area contributed by atoms with Gasteiger partial charge in [0.1, 0.15) is 12.4 Å². The Hall–Kier alpha value is -1.53. The van der Waals surface area contributed by atoms with Crippen LogP contribution in [-0.2, 0) is 34.3 Å². The van der Waals surface area contributed by atoms with Crippen molar-refractivity contribution in [2.75, 3.05) is 4.31 Å². The van der Waals surface area contributed by atoms with E-state index in [4.69, 9.17) is 17.0 Å². The van der Waals surface area contributed by atoms with Crippen LogP contribution in [0.5, 0.6) is 5.75 Å². The molecular weight excluding hydrogens is 524 g/mol. The third-order valence-corrected chi connectivity index (χ3v) is 8.53. The van der Waals surface area contributed by atoms with Gasteiger partial charge in [-0.05, 0) is 92.2 Å². The maximum atomic E-state index is 13.5. The number of carboxylic acids is 1. The molecule has 4 rings (SSSR count).